The van der Waals surface area contributed by atoms with Crippen LogP contribution in [0.15, 0.2) is 30.3 Å². The van der Waals surface area contributed by atoms with E-state index < -0.39 is 18.0 Å². The Morgan fingerprint density at radius 3 is 2.42 bits per heavy atom. The Hall–Kier alpha value is -2.08. The monoisotopic (exact) mass is 266 g/mol. The Morgan fingerprint density at radius 2 is 1.95 bits per heavy atom. The van der Waals surface area contributed by atoms with Crippen molar-refractivity contribution in [2.75, 3.05) is 19.7 Å². The maximum atomic E-state index is 11.9. The molecule has 0 bridgehead atoms. The second-order valence-electron chi connectivity index (χ2n) is 3.93. The van der Waals surface area contributed by atoms with Gasteiger partial charge in [0.25, 0.3) is 0 Å². The third-order valence-corrected chi connectivity index (χ3v) is 2.69. The van der Waals surface area contributed by atoms with Crippen LogP contribution in [0.3, 0.4) is 0 Å². The normalized spacial score (nSPS) is 11.7. The van der Waals surface area contributed by atoms with E-state index in [2.05, 4.69) is 5.32 Å². The van der Waals surface area contributed by atoms with Gasteiger partial charge in [-0.3, -0.25) is 0 Å². The molecule has 0 spiro atoms. The number of rotatable bonds is 6. The smallest absolute Gasteiger partial charge is 0.330 e. The summed E-state index contributed by atoms with van der Waals surface area (Å²) in [5.74, 6) is -1.13. The van der Waals surface area contributed by atoms with Crippen LogP contribution in [0.4, 0.5) is 4.79 Å². The van der Waals surface area contributed by atoms with Crippen molar-refractivity contribution in [1.29, 1.82) is 0 Å². The lowest BCUT2D eigenvalue weighted by Gasteiger charge is -2.23. The lowest BCUT2D eigenvalue weighted by atomic mass is 10.1. The molecule has 3 N–H and O–H groups in total. The molecule has 1 rings (SSSR count). The molecule has 1 aromatic rings. The van der Waals surface area contributed by atoms with E-state index in [1.165, 1.54) is 4.90 Å². The van der Waals surface area contributed by atoms with Gasteiger partial charge in [-0.15, -0.1) is 0 Å². The van der Waals surface area contributed by atoms with Gasteiger partial charge in [0.1, 0.15) is 0 Å². The van der Waals surface area contributed by atoms with Gasteiger partial charge in [-0.1, -0.05) is 30.3 Å². The molecule has 0 radical (unpaired) electrons. The van der Waals surface area contributed by atoms with Crippen molar-refractivity contribution in [3.8, 4) is 0 Å². The lowest BCUT2D eigenvalue weighted by Crippen LogP contribution is -2.44. The van der Waals surface area contributed by atoms with E-state index in [-0.39, 0.29) is 13.2 Å². The summed E-state index contributed by atoms with van der Waals surface area (Å²) in [4.78, 5) is 24.5. The number of benzene rings is 1. The van der Waals surface area contributed by atoms with Crippen molar-refractivity contribution in [1.82, 2.24) is 10.2 Å². The third kappa shape index (κ3) is 4.26. The quantitative estimate of drug-likeness (QED) is 0.711. The summed E-state index contributed by atoms with van der Waals surface area (Å²) < 4.78 is 0. The van der Waals surface area contributed by atoms with Gasteiger partial charge in [0, 0.05) is 13.1 Å². The first kappa shape index (κ1) is 15.0. The van der Waals surface area contributed by atoms with Crippen molar-refractivity contribution in [3.63, 3.8) is 0 Å². The molecule has 1 aromatic carbocycles. The van der Waals surface area contributed by atoms with Crippen molar-refractivity contribution < 1.29 is 19.8 Å². The zero-order chi connectivity index (χ0) is 14.3. The topological polar surface area (TPSA) is 89.9 Å². The Labute approximate surface area is 111 Å². The van der Waals surface area contributed by atoms with Crippen LogP contribution in [-0.2, 0) is 4.79 Å². The predicted octanol–water partition coefficient (Wildman–Crippen LogP) is 0.836. The minimum absolute atomic E-state index is 0.162. The average molecular weight is 266 g/mol. The maximum absolute atomic E-state index is 11.9. The SMILES string of the molecule is CCN(CCO)C(=O)N[C@H](C(=O)O)c1ccccc1. The summed E-state index contributed by atoms with van der Waals surface area (Å²) in [6.45, 7) is 2.16. The molecule has 0 aromatic heterocycles. The Bertz CT molecular complexity index is 422. The average Bonchev–Trinajstić information content (AvgIpc) is 2.42. The van der Waals surface area contributed by atoms with Gasteiger partial charge in [-0.25, -0.2) is 9.59 Å². The fourth-order valence-corrected chi connectivity index (χ4v) is 1.67. The second-order valence-corrected chi connectivity index (χ2v) is 3.93. The van der Waals surface area contributed by atoms with Crippen LogP contribution >= 0.6 is 0 Å². The highest BCUT2D eigenvalue weighted by Gasteiger charge is 2.23. The first-order chi connectivity index (χ1) is 9.10. The van der Waals surface area contributed by atoms with Crippen molar-refractivity contribution in [3.05, 3.63) is 35.9 Å². The number of hydrogen-bond acceptors (Lipinski definition) is 3. The van der Waals surface area contributed by atoms with Crippen molar-refractivity contribution in [2.45, 2.75) is 13.0 Å². The first-order valence-corrected chi connectivity index (χ1v) is 6.04. The highest BCUT2D eigenvalue weighted by atomic mass is 16.4. The van der Waals surface area contributed by atoms with Gasteiger partial charge >= 0.3 is 12.0 Å². The molecule has 6 nitrogen and oxygen atoms in total. The number of nitrogens with one attached hydrogen (secondary N) is 1. The Kier molecular flexibility index (Phi) is 5.81. The highest BCUT2D eigenvalue weighted by molar-refractivity contribution is 5.83. The second kappa shape index (κ2) is 7.38. The fraction of sp³-hybridized carbons (Fsp3) is 0.385. The minimum Gasteiger partial charge on any atom is -0.479 e. The van der Waals surface area contributed by atoms with Crippen LogP contribution in [0, 0.1) is 0 Å². The number of likely N-dealkylation sites (N-methyl/N-ethyl adjacent to an activating group) is 1. The van der Waals surface area contributed by atoms with Crippen LogP contribution in [0.25, 0.3) is 0 Å². The Balaban J connectivity index is 2.80. The van der Waals surface area contributed by atoms with E-state index in [1.54, 1.807) is 37.3 Å². The molecule has 1 atom stereocenters. The van der Waals surface area contributed by atoms with Crippen LogP contribution in [0.2, 0.25) is 0 Å². The summed E-state index contributed by atoms with van der Waals surface area (Å²) in [7, 11) is 0. The van der Waals surface area contributed by atoms with Crippen LogP contribution in [0.5, 0.6) is 0 Å². The van der Waals surface area contributed by atoms with Gasteiger partial charge in [-0.2, -0.15) is 0 Å². The molecule has 0 saturated heterocycles. The highest BCUT2D eigenvalue weighted by Crippen LogP contribution is 2.13. The maximum Gasteiger partial charge on any atom is 0.330 e. The van der Waals surface area contributed by atoms with E-state index in [4.69, 9.17) is 5.11 Å². The number of hydrogen-bond donors (Lipinski definition) is 3. The molecule has 2 amide bonds. The van der Waals surface area contributed by atoms with Gasteiger partial charge in [0.05, 0.1) is 6.61 Å². The summed E-state index contributed by atoms with van der Waals surface area (Å²) in [5.41, 5.74) is 0.503. The number of aliphatic hydroxyl groups excluding tert-OH is 1. The number of carbonyl (C=O) groups is 2. The summed E-state index contributed by atoms with van der Waals surface area (Å²) >= 11 is 0. The third-order valence-electron chi connectivity index (χ3n) is 2.69. The predicted molar refractivity (Wildman–Crippen MR) is 69.7 cm³/mol. The lowest BCUT2D eigenvalue weighted by molar-refractivity contribution is -0.139. The standard InChI is InChI=1S/C13H18N2O4/c1-2-15(8-9-16)13(19)14-11(12(17)18)10-6-4-3-5-7-10/h3-7,11,16H,2,8-9H2,1H3,(H,14,19)(H,17,18)/t11-/m0/s1. The van der Waals surface area contributed by atoms with E-state index in [9.17, 15) is 14.7 Å². The van der Waals surface area contributed by atoms with E-state index in [1.807, 2.05) is 0 Å². The largest absolute Gasteiger partial charge is 0.479 e. The molecule has 0 heterocycles. The summed E-state index contributed by atoms with van der Waals surface area (Å²) in [6.07, 6.45) is 0. The van der Waals surface area contributed by atoms with Gasteiger partial charge in [-0.05, 0) is 12.5 Å². The molecular formula is C13H18N2O4. The number of nitrogens with zero attached hydrogens (tertiary/aromatic N) is 1. The van der Waals surface area contributed by atoms with Gasteiger partial charge < -0.3 is 20.4 Å². The number of amides is 2. The van der Waals surface area contributed by atoms with Crippen LogP contribution in [0.1, 0.15) is 18.5 Å². The number of carbonyl (C=O) groups excluding carboxylic acids is 1. The van der Waals surface area contributed by atoms with Crippen LogP contribution in [-0.4, -0.2) is 46.8 Å². The number of carboxylic acid groups (broad SMARTS) is 1. The molecule has 0 fully saturated rings. The number of carboxylic acids is 1. The van der Waals surface area contributed by atoms with Crippen molar-refractivity contribution >= 4 is 12.0 Å². The summed E-state index contributed by atoms with van der Waals surface area (Å²) in [5, 5.41) is 20.5. The van der Waals surface area contributed by atoms with Gasteiger partial charge in [0.2, 0.25) is 0 Å². The van der Waals surface area contributed by atoms with E-state index in [0.29, 0.717) is 12.1 Å². The first-order valence-electron chi connectivity index (χ1n) is 6.04. The zero-order valence-electron chi connectivity index (χ0n) is 10.7. The minimum atomic E-state index is -1.13. The molecule has 0 unspecified atom stereocenters. The molecule has 0 saturated carbocycles. The molecule has 104 valence electrons. The van der Waals surface area contributed by atoms with Gasteiger partial charge in [0.15, 0.2) is 6.04 Å². The number of aliphatic carboxylic acids is 1. The Morgan fingerprint density at radius 1 is 1.32 bits per heavy atom. The number of urea groups is 1. The van der Waals surface area contributed by atoms with E-state index >= 15 is 0 Å². The molecular weight excluding hydrogens is 248 g/mol. The van der Waals surface area contributed by atoms with E-state index in [0.717, 1.165) is 0 Å². The summed E-state index contributed by atoms with van der Waals surface area (Å²) in [6, 6.07) is 6.87. The fourth-order valence-electron chi connectivity index (χ4n) is 1.67. The molecule has 0 aliphatic heterocycles. The zero-order valence-corrected chi connectivity index (χ0v) is 10.7. The molecule has 19 heavy (non-hydrogen) atoms. The van der Waals surface area contributed by atoms with Crippen molar-refractivity contribution in [2.24, 2.45) is 0 Å². The molecule has 0 aliphatic rings. The number of aliphatic hydroxyl groups is 1. The molecule has 6 heteroatoms. The van der Waals surface area contributed by atoms with Crippen LogP contribution < -0.4 is 5.32 Å². The molecule has 0 aliphatic carbocycles.